The van der Waals surface area contributed by atoms with Gasteiger partial charge >= 0.3 is 0 Å². The van der Waals surface area contributed by atoms with E-state index in [1.54, 1.807) is 46.1 Å². The lowest BCUT2D eigenvalue weighted by Crippen LogP contribution is -2.36. The summed E-state index contributed by atoms with van der Waals surface area (Å²) in [5, 5.41) is 16.4. The van der Waals surface area contributed by atoms with Crippen molar-refractivity contribution in [3.63, 3.8) is 0 Å². The molecule has 4 aromatic rings. The number of hydrogen-bond acceptors (Lipinski definition) is 6. The van der Waals surface area contributed by atoms with E-state index in [1.807, 2.05) is 18.2 Å². The van der Waals surface area contributed by atoms with Crippen molar-refractivity contribution in [3.8, 4) is 28.4 Å². The van der Waals surface area contributed by atoms with E-state index >= 15 is 4.39 Å². The highest BCUT2D eigenvalue weighted by molar-refractivity contribution is 6.01. The number of carbonyl (C=O) groups excluding carboxylic acids is 1. The fraction of sp³-hybridized carbons (Fsp3) is 0.310. The second kappa shape index (κ2) is 10.1. The lowest BCUT2D eigenvalue weighted by atomic mass is 10.0. The summed E-state index contributed by atoms with van der Waals surface area (Å²) >= 11 is 0. The van der Waals surface area contributed by atoms with Crippen LogP contribution in [0.3, 0.4) is 0 Å². The quantitative estimate of drug-likeness (QED) is 0.399. The van der Waals surface area contributed by atoms with E-state index in [2.05, 4.69) is 26.5 Å². The Hall–Kier alpha value is -4.45. The Labute approximate surface area is 220 Å². The van der Waals surface area contributed by atoms with Gasteiger partial charge in [-0.25, -0.2) is 13.9 Å². The van der Waals surface area contributed by atoms with Crippen molar-refractivity contribution in [1.82, 2.24) is 24.8 Å². The Bertz CT molecular complexity index is 1540. The highest BCUT2D eigenvalue weighted by Crippen LogP contribution is 2.30. The van der Waals surface area contributed by atoms with E-state index in [9.17, 15) is 4.79 Å². The highest BCUT2D eigenvalue weighted by Gasteiger charge is 2.24. The van der Waals surface area contributed by atoms with E-state index in [0.29, 0.717) is 35.3 Å². The number of pyridine rings is 2. The standard InChI is InChI=1S/C29H28FN7O/c30-26-14-20(21-8-10-32-28(15-21)36-11-2-1-3-12-36)4-6-24(26)22-5-7-27-25(16-33-37(27)17-22)29(38)34-23-9-13-35(18-23)19-31/h4-8,10,14-17,23H,1-3,9,11-13,18H2,(H,34,38)/t23-/m1/s1. The van der Waals surface area contributed by atoms with Crippen LogP contribution in [-0.4, -0.2) is 57.6 Å². The van der Waals surface area contributed by atoms with Crippen molar-refractivity contribution in [3.05, 3.63) is 72.4 Å². The van der Waals surface area contributed by atoms with Crippen LogP contribution in [0.25, 0.3) is 27.8 Å². The molecule has 2 fully saturated rings. The third-order valence-corrected chi connectivity index (χ3v) is 7.46. The van der Waals surface area contributed by atoms with Crippen LogP contribution in [0.2, 0.25) is 0 Å². The summed E-state index contributed by atoms with van der Waals surface area (Å²) in [6, 6.07) is 12.7. The molecule has 0 unspecified atom stereocenters. The molecule has 2 aliphatic heterocycles. The zero-order chi connectivity index (χ0) is 26.1. The molecule has 1 amide bonds. The minimum absolute atomic E-state index is 0.0692. The van der Waals surface area contributed by atoms with E-state index < -0.39 is 0 Å². The maximum absolute atomic E-state index is 15.4. The summed E-state index contributed by atoms with van der Waals surface area (Å²) < 4.78 is 17.0. The number of nitrogens with zero attached hydrogens (tertiary/aromatic N) is 6. The minimum atomic E-state index is -0.327. The van der Waals surface area contributed by atoms with Gasteiger partial charge in [-0.2, -0.15) is 10.4 Å². The number of rotatable bonds is 5. The fourth-order valence-corrected chi connectivity index (χ4v) is 5.37. The molecule has 0 aliphatic carbocycles. The van der Waals surface area contributed by atoms with E-state index in [4.69, 9.17) is 5.26 Å². The largest absolute Gasteiger partial charge is 0.357 e. The van der Waals surface area contributed by atoms with Gasteiger partial charge in [-0.05, 0) is 61.1 Å². The molecule has 9 heteroatoms. The molecule has 0 bridgehead atoms. The number of piperidine rings is 1. The molecule has 1 atom stereocenters. The predicted octanol–water partition coefficient (Wildman–Crippen LogP) is 4.48. The Morgan fingerprint density at radius 3 is 2.63 bits per heavy atom. The molecular formula is C29H28FN7O. The number of carbonyl (C=O) groups is 1. The van der Waals surface area contributed by atoms with Gasteiger partial charge in [0.05, 0.1) is 17.3 Å². The van der Waals surface area contributed by atoms with Crippen LogP contribution < -0.4 is 10.2 Å². The van der Waals surface area contributed by atoms with Crippen LogP contribution in [0, 0.1) is 17.3 Å². The zero-order valence-corrected chi connectivity index (χ0v) is 21.0. The molecular weight excluding hydrogens is 481 g/mol. The first-order valence-electron chi connectivity index (χ1n) is 13.0. The predicted molar refractivity (Wildman–Crippen MR) is 143 cm³/mol. The Morgan fingerprint density at radius 1 is 1.03 bits per heavy atom. The molecule has 2 saturated heterocycles. The van der Waals surface area contributed by atoms with Crippen LogP contribution in [0.15, 0.2) is 61.1 Å². The summed E-state index contributed by atoms with van der Waals surface area (Å²) in [6.07, 6.45) is 11.5. The monoisotopic (exact) mass is 509 g/mol. The Balaban J connectivity index is 1.22. The number of amides is 1. The average molecular weight is 510 g/mol. The summed E-state index contributed by atoms with van der Waals surface area (Å²) in [5.41, 5.74) is 3.95. The maximum atomic E-state index is 15.4. The molecule has 1 N–H and O–H groups in total. The number of hydrogen-bond donors (Lipinski definition) is 1. The van der Waals surface area contributed by atoms with E-state index in [-0.39, 0.29) is 17.8 Å². The summed E-state index contributed by atoms with van der Waals surface area (Å²) in [4.78, 5) is 21.3. The first-order valence-corrected chi connectivity index (χ1v) is 13.0. The van der Waals surface area contributed by atoms with Crippen molar-refractivity contribution in [2.75, 3.05) is 31.1 Å². The van der Waals surface area contributed by atoms with Crippen LogP contribution in [0.5, 0.6) is 0 Å². The number of halogens is 1. The van der Waals surface area contributed by atoms with Gasteiger partial charge in [-0.15, -0.1) is 0 Å². The van der Waals surface area contributed by atoms with Gasteiger partial charge < -0.3 is 15.1 Å². The van der Waals surface area contributed by atoms with Gasteiger partial charge in [0.2, 0.25) is 0 Å². The number of fused-ring (bicyclic) bond motifs is 1. The number of aromatic nitrogens is 3. The molecule has 1 aromatic carbocycles. The van der Waals surface area contributed by atoms with Crippen LogP contribution in [0.1, 0.15) is 36.0 Å². The molecule has 0 saturated carbocycles. The average Bonchev–Trinajstić information content (AvgIpc) is 3.60. The lowest BCUT2D eigenvalue weighted by molar-refractivity contribution is 0.0940. The van der Waals surface area contributed by atoms with E-state index in [1.165, 1.54) is 25.5 Å². The Morgan fingerprint density at radius 2 is 1.84 bits per heavy atom. The minimum Gasteiger partial charge on any atom is -0.357 e. The molecule has 192 valence electrons. The second-order valence-electron chi connectivity index (χ2n) is 9.96. The lowest BCUT2D eigenvalue weighted by Gasteiger charge is -2.28. The summed E-state index contributed by atoms with van der Waals surface area (Å²) in [5.74, 6) is 0.381. The smallest absolute Gasteiger partial charge is 0.255 e. The molecule has 8 nitrogen and oxygen atoms in total. The first kappa shape index (κ1) is 23.9. The molecule has 5 heterocycles. The van der Waals surface area contributed by atoms with Crippen molar-refractivity contribution in [2.24, 2.45) is 0 Å². The van der Waals surface area contributed by atoms with Gasteiger partial charge in [0, 0.05) is 55.7 Å². The van der Waals surface area contributed by atoms with Crippen LogP contribution >= 0.6 is 0 Å². The molecule has 0 spiro atoms. The number of nitriles is 1. The second-order valence-corrected chi connectivity index (χ2v) is 9.96. The van der Waals surface area contributed by atoms with Gasteiger partial charge in [-0.1, -0.05) is 18.2 Å². The van der Waals surface area contributed by atoms with E-state index in [0.717, 1.165) is 36.5 Å². The Kier molecular flexibility index (Phi) is 6.38. The van der Waals surface area contributed by atoms with Crippen molar-refractivity contribution in [2.45, 2.75) is 31.7 Å². The number of nitrogens with one attached hydrogen (secondary N) is 1. The maximum Gasteiger partial charge on any atom is 0.255 e. The molecule has 3 aromatic heterocycles. The van der Waals surface area contributed by atoms with Gasteiger partial charge in [0.25, 0.3) is 5.91 Å². The van der Waals surface area contributed by atoms with Crippen molar-refractivity contribution >= 4 is 17.2 Å². The molecule has 2 aliphatic rings. The summed E-state index contributed by atoms with van der Waals surface area (Å²) in [6.45, 7) is 3.16. The highest BCUT2D eigenvalue weighted by atomic mass is 19.1. The topological polar surface area (TPSA) is 89.6 Å². The normalized spacial score (nSPS) is 17.5. The first-order chi connectivity index (χ1) is 18.6. The number of anilines is 1. The third kappa shape index (κ3) is 4.65. The number of likely N-dealkylation sites (tertiary alicyclic amines) is 1. The van der Waals surface area contributed by atoms with Gasteiger partial charge in [-0.3, -0.25) is 4.79 Å². The molecule has 38 heavy (non-hydrogen) atoms. The van der Waals surface area contributed by atoms with Gasteiger partial charge in [0.1, 0.15) is 11.6 Å². The third-order valence-electron chi connectivity index (χ3n) is 7.46. The van der Waals surface area contributed by atoms with Crippen molar-refractivity contribution < 1.29 is 9.18 Å². The van der Waals surface area contributed by atoms with Crippen LogP contribution in [-0.2, 0) is 0 Å². The SMILES string of the molecule is N#CN1CC[C@@H](NC(=O)c2cnn3cc(-c4ccc(-c5ccnc(N6CCCCC6)c5)cc4F)ccc23)C1. The van der Waals surface area contributed by atoms with Crippen LogP contribution in [0.4, 0.5) is 10.2 Å². The van der Waals surface area contributed by atoms with Crippen molar-refractivity contribution in [1.29, 1.82) is 5.26 Å². The summed E-state index contributed by atoms with van der Waals surface area (Å²) in [7, 11) is 0. The van der Waals surface area contributed by atoms with Gasteiger partial charge in [0.15, 0.2) is 6.19 Å². The number of benzene rings is 1. The fourth-order valence-electron chi connectivity index (χ4n) is 5.37. The molecule has 6 rings (SSSR count). The molecule has 0 radical (unpaired) electrons. The zero-order valence-electron chi connectivity index (χ0n) is 21.0.